The number of aliphatic imine (C=N–C) groups is 1. The molecule has 1 atom stereocenters. The SMILES string of the molecule is COC(=O)c1ccccc1NC(=O)CN1C(=O)[C@@H]2CCCC2=Nc2cc(C)c(C)cc21. The molecule has 7 nitrogen and oxygen atoms in total. The summed E-state index contributed by atoms with van der Waals surface area (Å²) in [6, 6.07) is 10.5. The molecule has 31 heavy (non-hydrogen) atoms. The largest absolute Gasteiger partial charge is 0.465 e. The number of nitrogens with zero attached hydrogens (tertiary/aromatic N) is 2. The maximum absolute atomic E-state index is 13.4. The average molecular weight is 419 g/mol. The fraction of sp³-hybridized carbons (Fsp3) is 0.333. The van der Waals surface area contributed by atoms with Crippen LogP contribution in [0.15, 0.2) is 41.4 Å². The number of fused-ring (bicyclic) bond motifs is 2. The number of nitrogens with one attached hydrogen (secondary N) is 1. The molecule has 1 aliphatic carbocycles. The third-order valence-electron chi connectivity index (χ3n) is 5.95. The zero-order valence-corrected chi connectivity index (χ0v) is 17.9. The summed E-state index contributed by atoms with van der Waals surface area (Å²) in [6.45, 7) is 3.82. The minimum absolute atomic E-state index is 0.102. The monoisotopic (exact) mass is 419 g/mol. The highest BCUT2D eigenvalue weighted by Crippen LogP contribution is 2.39. The lowest BCUT2D eigenvalue weighted by atomic mass is 10.0. The first-order chi connectivity index (χ1) is 14.9. The van der Waals surface area contributed by atoms with E-state index in [1.54, 1.807) is 24.3 Å². The molecule has 160 valence electrons. The Morgan fingerprint density at radius 3 is 2.71 bits per heavy atom. The Labute approximate surface area is 181 Å². The molecule has 2 aliphatic rings. The van der Waals surface area contributed by atoms with Crippen molar-refractivity contribution in [3.8, 4) is 0 Å². The van der Waals surface area contributed by atoms with Gasteiger partial charge in [-0.25, -0.2) is 4.79 Å². The second kappa shape index (κ2) is 8.34. The van der Waals surface area contributed by atoms with Crippen LogP contribution in [0, 0.1) is 19.8 Å². The maximum Gasteiger partial charge on any atom is 0.339 e. The van der Waals surface area contributed by atoms with Crippen molar-refractivity contribution in [2.45, 2.75) is 33.1 Å². The molecule has 1 N–H and O–H groups in total. The summed E-state index contributed by atoms with van der Waals surface area (Å²) in [5, 5.41) is 2.76. The molecule has 0 spiro atoms. The first-order valence-corrected chi connectivity index (χ1v) is 10.4. The van der Waals surface area contributed by atoms with Crippen LogP contribution in [0.2, 0.25) is 0 Å². The molecule has 0 radical (unpaired) electrons. The third kappa shape index (κ3) is 3.95. The molecule has 1 heterocycles. The first kappa shape index (κ1) is 20.8. The number of aryl methyl sites for hydroxylation is 2. The van der Waals surface area contributed by atoms with E-state index in [1.165, 1.54) is 12.0 Å². The highest BCUT2D eigenvalue weighted by Gasteiger charge is 2.37. The molecule has 2 aromatic rings. The number of esters is 1. The second-order valence-electron chi connectivity index (χ2n) is 7.98. The lowest BCUT2D eigenvalue weighted by Crippen LogP contribution is -2.42. The van der Waals surface area contributed by atoms with Crippen LogP contribution in [0.4, 0.5) is 17.1 Å². The molecule has 1 aliphatic heterocycles. The average Bonchev–Trinajstić information content (AvgIpc) is 3.18. The van der Waals surface area contributed by atoms with Crippen molar-refractivity contribution in [2.24, 2.45) is 10.9 Å². The smallest absolute Gasteiger partial charge is 0.339 e. The molecule has 1 saturated carbocycles. The van der Waals surface area contributed by atoms with Crippen LogP contribution in [0.3, 0.4) is 0 Å². The number of rotatable bonds is 4. The Morgan fingerprint density at radius 2 is 1.94 bits per heavy atom. The van der Waals surface area contributed by atoms with E-state index in [4.69, 9.17) is 9.73 Å². The molecule has 0 unspecified atom stereocenters. The van der Waals surface area contributed by atoms with Crippen molar-refractivity contribution in [3.63, 3.8) is 0 Å². The molecule has 2 amide bonds. The number of anilines is 2. The number of methoxy groups -OCH3 is 1. The van der Waals surface area contributed by atoms with Gasteiger partial charge in [-0.05, 0) is 68.5 Å². The van der Waals surface area contributed by atoms with Crippen LogP contribution >= 0.6 is 0 Å². The number of para-hydroxylation sites is 1. The van der Waals surface area contributed by atoms with Crippen molar-refractivity contribution in [1.82, 2.24) is 0 Å². The van der Waals surface area contributed by atoms with Gasteiger partial charge in [0, 0.05) is 5.71 Å². The Balaban J connectivity index is 1.66. The van der Waals surface area contributed by atoms with E-state index in [0.29, 0.717) is 11.4 Å². The van der Waals surface area contributed by atoms with Gasteiger partial charge in [0.25, 0.3) is 0 Å². The molecule has 7 heteroatoms. The van der Waals surface area contributed by atoms with Crippen molar-refractivity contribution < 1.29 is 19.1 Å². The quantitative estimate of drug-likeness (QED) is 0.760. The van der Waals surface area contributed by atoms with Gasteiger partial charge in [0.2, 0.25) is 11.8 Å². The van der Waals surface area contributed by atoms with Gasteiger partial charge in [0.15, 0.2) is 0 Å². The summed E-state index contributed by atoms with van der Waals surface area (Å²) in [5.74, 6) is -1.32. The topological polar surface area (TPSA) is 88.1 Å². The van der Waals surface area contributed by atoms with E-state index in [9.17, 15) is 14.4 Å². The van der Waals surface area contributed by atoms with E-state index in [-0.39, 0.29) is 23.9 Å². The molecule has 0 bridgehead atoms. The zero-order chi connectivity index (χ0) is 22.1. The Hall–Kier alpha value is -3.48. The van der Waals surface area contributed by atoms with Crippen LogP contribution in [0.25, 0.3) is 0 Å². The van der Waals surface area contributed by atoms with Crippen LogP contribution in [0.1, 0.15) is 40.7 Å². The standard InChI is InChI=1S/C24H25N3O4/c1-14-11-20-21(12-15(14)2)27(23(29)16-8-6-10-18(16)25-20)13-22(28)26-19-9-5-4-7-17(19)24(30)31-3/h4-5,7,9,11-12,16H,6,8,10,13H2,1-3H3,(H,26,28)/t16-/m1/s1. The van der Waals surface area contributed by atoms with Gasteiger partial charge in [-0.15, -0.1) is 0 Å². The van der Waals surface area contributed by atoms with E-state index >= 15 is 0 Å². The number of carbonyl (C=O) groups is 3. The van der Waals surface area contributed by atoms with Gasteiger partial charge in [0.05, 0.1) is 35.7 Å². The Morgan fingerprint density at radius 1 is 1.19 bits per heavy atom. The van der Waals surface area contributed by atoms with Gasteiger partial charge in [-0.1, -0.05) is 12.1 Å². The van der Waals surface area contributed by atoms with Gasteiger partial charge in [-0.2, -0.15) is 0 Å². The zero-order valence-electron chi connectivity index (χ0n) is 17.9. The highest BCUT2D eigenvalue weighted by molar-refractivity contribution is 6.17. The van der Waals surface area contributed by atoms with Crippen molar-refractivity contribution in [3.05, 3.63) is 53.1 Å². The third-order valence-corrected chi connectivity index (χ3v) is 5.95. The van der Waals surface area contributed by atoms with Crippen molar-refractivity contribution in [1.29, 1.82) is 0 Å². The summed E-state index contributed by atoms with van der Waals surface area (Å²) in [4.78, 5) is 44.7. The maximum atomic E-state index is 13.4. The summed E-state index contributed by atoms with van der Waals surface area (Å²) in [6.07, 6.45) is 2.46. The van der Waals surface area contributed by atoms with Crippen LogP contribution in [0.5, 0.6) is 0 Å². The van der Waals surface area contributed by atoms with Gasteiger partial charge < -0.3 is 15.0 Å². The summed E-state index contributed by atoms with van der Waals surface area (Å²) < 4.78 is 4.79. The summed E-state index contributed by atoms with van der Waals surface area (Å²) in [7, 11) is 1.29. The first-order valence-electron chi connectivity index (χ1n) is 10.4. The van der Waals surface area contributed by atoms with Crippen LogP contribution in [-0.4, -0.2) is 37.1 Å². The lowest BCUT2D eigenvalue weighted by Gasteiger charge is -2.25. The summed E-state index contributed by atoms with van der Waals surface area (Å²) in [5.41, 5.74) is 4.98. The number of hydrogen-bond acceptors (Lipinski definition) is 5. The van der Waals surface area contributed by atoms with E-state index < -0.39 is 11.9 Å². The van der Waals surface area contributed by atoms with Crippen LogP contribution in [-0.2, 0) is 14.3 Å². The Bertz CT molecular complexity index is 1110. The normalized spacial score (nSPS) is 17.4. The van der Waals surface area contributed by atoms with Crippen molar-refractivity contribution in [2.75, 3.05) is 23.9 Å². The predicted molar refractivity (Wildman–Crippen MR) is 119 cm³/mol. The second-order valence-corrected chi connectivity index (χ2v) is 7.98. The molecule has 0 saturated heterocycles. The summed E-state index contributed by atoms with van der Waals surface area (Å²) >= 11 is 0. The molecule has 1 fully saturated rings. The van der Waals surface area contributed by atoms with Gasteiger partial charge >= 0.3 is 5.97 Å². The van der Waals surface area contributed by atoms with E-state index in [1.807, 2.05) is 26.0 Å². The van der Waals surface area contributed by atoms with Crippen molar-refractivity contribution >= 4 is 40.6 Å². The molecule has 0 aromatic heterocycles. The molecule has 2 aromatic carbocycles. The van der Waals surface area contributed by atoms with Crippen LogP contribution < -0.4 is 10.2 Å². The minimum Gasteiger partial charge on any atom is -0.465 e. The fourth-order valence-corrected chi connectivity index (χ4v) is 4.16. The lowest BCUT2D eigenvalue weighted by molar-refractivity contribution is -0.123. The number of carbonyl (C=O) groups excluding carboxylic acids is 3. The number of amides is 2. The number of ether oxygens (including phenoxy) is 1. The Kier molecular flexibility index (Phi) is 5.59. The molecular formula is C24H25N3O4. The molecular weight excluding hydrogens is 394 g/mol. The van der Waals surface area contributed by atoms with E-state index in [0.717, 1.165) is 41.8 Å². The number of benzene rings is 2. The molecule has 4 rings (SSSR count). The van der Waals surface area contributed by atoms with Gasteiger partial charge in [0.1, 0.15) is 6.54 Å². The number of hydrogen-bond donors (Lipinski definition) is 1. The van der Waals surface area contributed by atoms with E-state index in [2.05, 4.69) is 5.32 Å². The van der Waals surface area contributed by atoms with Gasteiger partial charge in [-0.3, -0.25) is 14.6 Å². The highest BCUT2D eigenvalue weighted by atomic mass is 16.5. The predicted octanol–water partition coefficient (Wildman–Crippen LogP) is 3.95. The fourth-order valence-electron chi connectivity index (χ4n) is 4.16. The minimum atomic E-state index is -0.540.